The van der Waals surface area contributed by atoms with Gasteiger partial charge in [-0.1, -0.05) is 6.92 Å². The van der Waals surface area contributed by atoms with Gasteiger partial charge in [0.25, 0.3) is 0 Å². The van der Waals surface area contributed by atoms with Gasteiger partial charge < -0.3 is 5.32 Å². The number of hydrogen-bond acceptors (Lipinski definition) is 4. The fourth-order valence-electron chi connectivity index (χ4n) is 1.56. The van der Waals surface area contributed by atoms with E-state index >= 15 is 0 Å². The van der Waals surface area contributed by atoms with Gasteiger partial charge in [0.15, 0.2) is 5.82 Å². The monoisotopic (exact) mass is 277 g/mol. The van der Waals surface area contributed by atoms with Gasteiger partial charge >= 0.3 is 0 Å². The molecule has 0 aliphatic carbocycles. The lowest BCUT2D eigenvalue weighted by atomic mass is 9.83. The Labute approximate surface area is 120 Å². The second-order valence-electron chi connectivity index (χ2n) is 6.14. The summed E-state index contributed by atoms with van der Waals surface area (Å²) in [6.45, 7) is 10.0. The Morgan fingerprint density at radius 1 is 1.40 bits per heavy atom. The first kappa shape index (κ1) is 16.2. The minimum absolute atomic E-state index is 0.0786. The third-order valence-electron chi connectivity index (χ3n) is 3.28. The molecule has 110 valence electrons. The highest BCUT2D eigenvalue weighted by Gasteiger charge is 2.30. The summed E-state index contributed by atoms with van der Waals surface area (Å²) in [7, 11) is 0. The molecule has 1 atom stereocenters. The minimum Gasteiger partial charge on any atom is -0.348 e. The lowest BCUT2D eigenvalue weighted by Crippen LogP contribution is -2.38. The van der Waals surface area contributed by atoms with Crippen molar-refractivity contribution >= 4 is 5.91 Å². The van der Waals surface area contributed by atoms with Crippen molar-refractivity contribution in [1.29, 1.82) is 0 Å². The third kappa shape index (κ3) is 3.80. The molecule has 1 unspecified atom stereocenters. The van der Waals surface area contributed by atoms with Crippen LogP contribution in [0.25, 0.3) is 0 Å². The van der Waals surface area contributed by atoms with Crippen LogP contribution in [0, 0.1) is 17.8 Å². The zero-order chi connectivity index (χ0) is 15.4. The molecule has 0 aliphatic heterocycles. The van der Waals surface area contributed by atoms with Gasteiger partial charge in [-0.3, -0.25) is 4.79 Å². The van der Waals surface area contributed by atoms with Crippen LogP contribution in [0.2, 0.25) is 0 Å². The van der Waals surface area contributed by atoms with E-state index in [1.807, 2.05) is 34.6 Å². The van der Waals surface area contributed by atoms with Crippen molar-refractivity contribution in [1.82, 2.24) is 25.5 Å². The van der Waals surface area contributed by atoms with Gasteiger partial charge in [0.2, 0.25) is 5.91 Å². The molecule has 6 nitrogen and oxygen atoms in total. The van der Waals surface area contributed by atoms with Crippen LogP contribution in [-0.2, 0) is 16.9 Å². The minimum atomic E-state index is -0.547. The SMILES string of the molecule is C#CCC(C)(CC)C(=O)NCc1nnn(C(C)(C)C)n1. The summed E-state index contributed by atoms with van der Waals surface area (Å²) >= 11 is 0. The maximum Gasteiger partial charge on any atom is 0.227 e. The molecule has 6 heteroatoms. The molecule has 1 aromatic heterocycles. The molecule has 1 N–H and O–H groups in total. The largest absolute Gasteiger partial charge is 0.348 e. The van der Waals surface area contributed by atoms with Crippen LogP contribution in [-0.4, -0.2) is 26.1 Å². The van der Waals surface area contributed by atoms with Crippen molar-refractivity contribution in [3.63, 3.8) is 0 Å². The zero-order valence-electron chi connectivity index (χ0n) is 12.9. The number of rotatable bonds is 5. The number of tetrazole rings is 1. The fraction of sp³-hybridized carbons (Fsp3) is 0.714. The van der Waals surface area contributed by atoms with Gasteiger partial charge in [0, 0.05) is 6.42 Å². The van der Waals surface area contributed by atoms with Crippen LogP contribution >= 0.6 is 0 Å². The molecule has 0 fully saturated rings. The zero-order valence-corrected chi connectivity index (χ0v) is 12.9. The first-order valence-corrected chi connectivity index (χ1v) is 6.74. The summed E-state index contributed by atoms with van der Waals surface area (Å²) < 4.78 is 0. The second-order valence-corrected chi connectivity index (χ2v) is 6.14. The molecule has 1 rings (SSSR count). The van der Waals surface area contributed by atoms with Crippen molar-refractivity contribution in [2.75, 3.05) is 0 Å². The molecule has 20 heavy (non-hydrogen) atoms. The van der Waals surface area contributed by atoms with Crippen LogP contribution in [0.3, 0.4) is 0 Å². The summed E-state index contributed by atoms with van der Waals surface area (Å²) in [4.78, 5) is 13.7. The molecule has 1 aromatic rings. The van der Waals surface area contributed by atoms with Crippen molar-refractivity contribution in [2.45, 2.75) is 59.5 Å². The van der Waals surface area contributed by atoms with Crippen molar-refractivity contribution in [3.8, 4) is 12.3 Å². The van der Waals surface area contributed by atoms with E-state index in [0.29, 0.717) is 18.7 Å². The Morgan fingerprint density at radius 3 is 2.50 bits per heavy atom. The Hall–Kier alpha value is -1.90. The first-order valence-electron chi connectivity index (χ1n) is 6.74. The number of amides is 1. The molecule has 0 bridgehead atoms. The highest BCUT2D eigenvalue weighted by atomic mass is 16.2. The highest BCUT2D eigenvalue weighted by molar-refractivity contribution is 5.82. The fourth-order valence-corrected chi connectivity index (χ4v) is 1.56. The molecule has 0 aromatic carbocycles. The topological polar surface area (TPSA) is 72.7 Å². The predicted octanol–water partition coefficient (Wildman–Crippen LogP) is 1.48. The Morgan fingerprint density at radius 2 is 2.05 bits per heavy atom. The molecule has 0 aliphatic rings. The van der Waals surface area contributed by atoms with Gasteiger partial charge in [-0.15, -0.1) is 22.5 Å². The van der Waals surface area contributed by atoms with Gasteiger partial charge in [0.1, 0.15) is 0 Å². The molecule has 0 spiro atoms. The Kier molecular flexibility index (Phi) is 4.88. The maximum atomic E-state index is 12.2. The number of carbonyl (C=O) groups excluding carboxylic acids is 1. The Bertz CT molecular complexity index is 508. The van der Waals surface area contributed by atoms with E-state index in [2.05, 4.69) is 26.6 Å². The summed E-state index contributed by atoms with van der Waals surface area (Å²) in [6.07, 6.45) is 6.42. The van der Waals surface area contributed by atoms with E-state index in [0.717, 1.165) is 0 Å². The van der Waals surface area contributed by atoms with Crippen LogP contribution in [0.4, 0.5) is 0 Å². The number of nitrogens with zero attached hydrogens (tertiary/aromatic N) is 4. The van der Waals surface area contributed by atoms with E-state index < -0.39 is 5.41 Å². The van der Waals surface area contributed by atoms with Crippen molar-refractivity contribution < 1.29 is 4.79 Å². The Balaban J connectivity index is 2.66. The van der Waals surface area contributed by atoms with E-state index in [4.69, 9.17) is 6.42 Å². The molecule has 0 saturated heterocycles. The molecule has 1 amide bonds. The average molecular weight is 277 g/mol. The quantitative estimate of drug-likeness (QED) is 0.827. The lowest BCUT2D eigenvalue weighted by Gasteiger charge is -2.24. The summed E-state index contributed by atoms with van der Waals surface area (Å²) in [6, 6.07) is 0. The third-order valence-corrected chi connectivity index (χ3v) is 3.28. The first-order chi connectivity index (χ1) is 9.23. The molecule has 1 heterocycles. The molecule has 0 saturated carbocycles. The standard InChI is InChI=1S/C14H23N5O/c1-7-9-14(6,8-2)12(20)15-10-11-16-18-19(17-11)13(3,4)5/h1H,8-10H2,2-6H3,(H,15,20). The van der Waals surface area contributed by atoms with Gasteiger partial charge in [-0.2, -0.15) is 4.80 Å². The number of terminal acetylenes is 1. The molecular weight excluding hydrogens is 254 g/mol. The second kappa shape index (κ2) is 6.04. The van der Waals surface area contributed by atoms with E-state index in [1.165, 1.54) is 4.80 Å². The normalized spacial score (nSPS) is 14.4. The van der Waals surface area contributed by atoms with Crippen LogP contribution < -0.4 is 5.32 Å². The summed E-state index contributed by atoms with van der Waals surface area (Å²) in [5, 5.41) is 15.0. The maximum absolute atomic E-state index is 12.2. The average Bonchev–Trinajstić information content (AvgIpc) is 2.84. The number of hydrogen-bond donors (Lipinski definition) is 1. The lowest BCUT2D eigenvalue weighted by molar-refractivity contribution is -0.130. The van der Waals surface area contributed by atoms with Crippen LogP contribution in [0.1, 0.15) is 53.3 Å². The number of nitrogens with one attached hydrogen (secondary N) is 1. The highest BCUT2D eigenvalue weighted by Crippen LogP contribution is 2.25. The molecule has 0 radical (unpaired) electrons. The van der Waals surface area contributed by atoms with Gasteiger partial charge in [0.05, 0.1) is 17.5 Å². The van der Waals surface area contributed by atoms with E-state index in [9.17, 15) is 4.79 Å². The van der Waals surface area contributed by atoms with Gasteiger partial charge in [-0.25, -0.2) is 0 Å². The van der Waals surface area contributed by atoms with Crippen LogP contribution in [0.5, 0.6) is 0 Å². The van der Waals surface area contributed by atoms with E-state index in [1.54, 1.807) is 0 Å². The smallest absolute Gasteiger partial charge is 0.227 e. The van der Waals surface area contributed by atoms with Crippen molar-refractivity contribution in [3.05, 3.63) is 5.82 Å². The summed E-state index contributed by atoms with van der Waals surface area (Å²) in [5.74, 6) is 2.97. The predicted molar refractivity (Wildman–Crippen MR) is 76.5 cm³/mol. The number of aromatic nitrogens is 4. The number of carbonyl (C=O) groups is 1. The van der Waals surface area contributed by atoms with Gasteiger partial charge in [-0.05, 0) is 39.3 Å². The van der Waals surface area contributed by atoms with E-state index in [-0.39, 0.29) is 18.0 Å². The summed E-state index contributed by atoms with van der Waals surface area (Å²) in [5.41, 5.74) is -0.772. The van der Waals surface area contributed by atoms with Crippen LogP contribution in [0.15, 0.2) is 0 Å². The van der Waals surface area contributed by atoms with Crippen molar-refractivity contribution in [2.24, 2.45) is 5.41 Å². The molecular formula is C14H23N5O.